The van der Waals surface area contributed by atoms with Gasteiger partial charge >= 0.3 is 0 Å². The van der Waals surface area contributed by atoms with Crippen LogP contribution in [0.5, 0.6) is 0 Å². The summed E-state index contributed by atoms with van der Waals surface area (Å²) in [4.78, 5) is 67.4. The van der Waals surface area contributed by atoms with Crippen molar-refractivity contribution in [1.29, 1.82) is 5.41 Å². The number of carbonyl (C=O) groups excluding carboxylic acids is 5. The average molecular weight is 587 g/mol. The minimum absolute atomic E-state index is 0.0146. The second kappa shape index (κ2) is 15.2. The van der Waals surface area contributed by atoms with Crippen LogP contribution in [0.25, 0.3) is 0 Å². The van der Waals surface area contributed by atoms with E-state index in [0.29, 0.717) is 18.4 Å². The van der Waals surface area contributed by atoms with Gasteiger partial charge in [-0.2, -0.15) is 0 Å². The molecule has 1 heterocycles. The lowest BCUT2D eigenvalue weighted by molar-refractivity contribution is -0.138. The Kier molecular flexibility index (Phi) is 12.3. The Morgan fingerprint density at radius 1 is 0.976 bits per heavy atom. The van der Waals surface area contributed by atoms with Gasteiger partial charge in [-0.3, -0.25) is 29.4 Å². The highest BCUT2D eigenvalue weighted by atomic mass is 16.2. The van der Waals surface area contributed by atoms with Gasteiger partial charge in [0.15, 0.2) is 5.96 Å². The summed E-state index contributed by atoms with van der Waals surface area (Å²) in [5.41, 5.74) is 4.60. The van der Waals surface area contributed by atoms with Crippen molar-refractivity contribution >= 4 is 35.5 Å². The number of nitrogens with one attached hydrogen (secondary N) is 7. The van der Waals surface area contributed by atoms with E-state index in [4.69, 9.17) is 11.1 Å². The number of hydrogen-bond acceptors (Lipinski definition) is 6. The molecule has 13 nitrogen and oxygen atoms in total. The first-order valence-corrected chi connectivity index (χ1v) is 14.4. The second-order valence-corrected chi connectivity index (χ2v) is 11.3. The van der Waals surface area contributed by atoms with Crippen molar-refractivity contribution in [2.45, 2.75) is 90.5 Å². The van der Waals surface area contributed by atoms with Gasteiger partial charge in [0.25, 0.3) is 0 Å². The quantitative estimate of drug-likeness (QED) is 0.156. The number of benzene rings is 1. The van der Waals surface area contributed by atoms with Gasteiger partial charge in [-0.15, -0.1) is 0 Å². The minimum atomic E-state index is -1.52. The van der Waals surface area contributed by atoms with Crippen molar-refractivity contribution < 1.29 is 24.0 Å². The zero-order chi connectivity index (χ0) is 31.6. The molecule has 1 fully saturated rings. The Morgan fingerprint density at radius 3 is 2.14 bits per heavy atom. The van der Waals surface area contributed by atoms with Gasteiger partial charge in [-0.25, -0.2) is 0 Å². The van der Waals surface area contributed by atoms with E-state index in [9.17, 15) is 24.0 Å². The summed E-state index contributed by atoms with van der Waals surface area (Å²) in [5.74, 6) is -3.98. The lowest BCUT2D eigenvalue weighted by Gasteiger charge is -2.36. The average Bonchev–Trinajstić information content (AvgIpc) is 2.95. The number of carbonyl (C=O) groups is 5. The zero-order valence-electron chi connectivity index (χ0n) is 25.3. The molecule has 0 bridgehead atoms. The third-order valence-electron chi connectivity index (χ3n) is 7.58. The molecule has 1 aromatic carbocycles. The van der Waals surface area contributed by atoms with Gasteiger partial charge < -0.3 is 37.6 Å². The summed E-state index contributed by atoms with van der Waals surface area (Å²) in [7, 11) is 0. The molecule has 0 aliphatic carbocycles. The molecule has 2 rings (SSSR count). The Labute approximate surface area is 247 Å². The van der Waals surface area contributed by atoms with E-state index in [1.54, 1.807) is 58.0 Å². The predicted octanol–water partition coefficient (Wildman–Crippen LogP) is 0.172. The normalized spacial score (nSPS) is 25.5. The lowest BCUT2D eigenvalue weighted by atomic mass is 9.92. The van der Waals surface area contributed by atoms with Crippen molar-refractivity contribution in [3.8, 4) is 0 Å². The molecule has 232 valence electrons. The largest absolute Gasteiger partial charge is 0.370 e. The van der Waals surface area contributed by atoms with E-state index in [0.717, 1.165) is 0 Å². The molecule has 1 unspecified atom stereocenters. The topological polar surface area (TPSA) is 207 Å². The maximum Gasteiger partial charge on any atom is 0.247 e. The van der Waals surface area contributed by atoms with Crippen molar-refractivity contribution in [3.63, 3.8) is 0 Å². The number of amides is 5. The molecule has 0 aromatic heterocycles. The van der Waals surface area contributed by atoms with Crippen LogP contribution in [-0.2, 0) is 24.0 Å². The highest BCUT2D eigenvalue weighted by Crippen LogP contribution is 2.18. The molecule has 42 heavy (non-hydrogen) atoms. The fourth-order valence-corrected chi connectivity index (χ4v) is 4.58. The first-order valence-electron chi connectivity index (χ1n) is 14.4. The molecule has 9 N–H and O–H groups in total. The molecule has 5 amide bonds. The highest BCUT2D eigenvalue weighted by molar-refractivity contribution is 5.98. The van der Waals surface area contributed by atoms with Crippen LogP contribution in [0.2, 0.25) is 0 Å². The molecule has 0 radical (unpaired) electrons. The standard InChI is InChI=1S/C29H46N8O5/c1-7-17(5)20-25(40)35-21(18-12-10-9-11-13-18)24(39)32-15-14-29(6,37-23(38)16(3)4)27(42)36-22(26(41)34-20)19(8-2)33-28(30)31/h9-13,16-17,19-22H,7-8,14-15H2,1-6H3,(H,32,39)(H,34,41)(H,35,40)(H,36,42)(H,37,38)(H4,30,31,33)/t17-,19?,20-,21+,22-,29+/m0/s1. The minimum Gasteiger partial charge on any atom is -0.370 e. The summed E-state index contributed by atoms with van der Waals surface area (Å²) in [6.45, 7) is 10.3. The van der Waals surface area contributed by atoms with Gasteiger partial charge in [0, 0.05) is 12.5 Å². The third-order valence-corrected chi connectivity index (χ3v) is 7.58. The Hall–Kier alpha value is -4.16. The maximum absolute atomic E-state index is 13.8. The van der Waals surface area contributed by atoms with Gasteiger partial charge in [0.1, 0.15) is 23.7 Å². The summed E-state index contributed by atoms with van der Waals surface area (Å²) >= 11 is 0. The number of guanidine groups is 1. The van der Waals surface area contributed by atoms with Crippen LogP contribution in [0.1, 0.15) is 72.4 Å². The molecule has 0 saturated carbocycles. The molecule has 0 spiro atoms. The summed E-state index contributed by atoms with van der Waals surface area (Å²) < 4.78 is 0. The second-order valence-electron chi connectivity index (χ2n) is 11.3. The smallest absolute Gasteiger partial charge is 0.247 e. The Bertz CT molecular complexity index is 1140. The van der Waals surface area contributed by atoms with Crippen molar-refractivity contribution in [2.24, 2.45) is 17.6 Å². The zero-order valence-corrected chi connectivity index (χ0v) is 25.3. The van der Waals surface area contributed by atoms with Crippen LogP contribution < -0.4 is 37.6 Å². The molecule has 1 aromatic rings. The first-order chi connectivity index (χ1) is 19.7. The molecule has 13 heteroatoms. The predicted molar refractivity (Wildman–Crippen MR) is 159 cm³/mol. The molecule has 1 saturated heterocycles. The van der Waals surface area contributed by atoms with Gasteiger partial charge in [-0.05, 0) is 31.2 Å². The summed E-state index contributed by atoms with van der Waals surface area (Å²) in [6, 6.07) is 4.50. The lowest BCUT2D eigenvalue weighted by Crippen LogP contribution is -2.67. The Balaban J connectivity index is 2.63. The SMILES string of the molecule is CCC(NC(=N)N)[C@@H]1NC(=O)[C@](C)(NC(=O)C(C)C)CCNC(=O)[C@@H](c2ccccc2)NC(=O)[C@H]([C@@H](C)CC)NC1=O. The van der Waals surface area contributed by atoms with E-state index in [1.165, 1.54) is 6.92 Å². The van der Waals surface area contributed by atoms with Gasteiger partial charge in [0.05, 0.1) is 6.04 Å². The van der Waals surface area contributed by atoms with Gasteiger partial charge in [-0.1, -0.05) is 71.4 Å². The van der Waals surface area contributed by atoms with Crippen LogP contribution in [0.15, 0.2) is 30.3 Å². The van der Waals surface area contributed by atoms with Crippen LogP contribution in [-0.4, -0.2) is 65.7 Å². The van der Waals surface area contributed by atoms with Crippen LogP contribution in [0.3, 0.4) is 0 Å². The van der Waals surface area contributed by atoms with Crippen molar-refractivity contribution in [2.75, 3.05) is 6.54 Å². The molecular weight excluding hydrogens is 540 g/mol. The molecule has 6 atom stereocenters. The fraction of sp³-hybridized carbons (Fsp3) is 0.586. The van der Waals surface area contributed by atoms with E-state index in [1.807, 2.05) is 6.92 Å². The van der Waals surface area contributed by atoms with Crippen LogP contribution in [0.4, 0.5) is 0 Å². The monoisotopic (exact) mass is 586 g/mol. The van der Waals surface area contributed by atoms with E-state index in [-0.39, 0.29) is 24.8 Å². The van der Waals surface area contributed by atoms with Crippen LogP contribution in [0, 0.1) is 17.2 Å². The molecular formula is C29H46N8O5. The molecule has 1 aliphatic rings. The van der Waals surface area contributed by atoms with Crippen molar-refractivity contribution in [3.05, 3.63) is 35.9 Å². The van der Waals surface area contributed by atoms with Gasteiger partial charge in [0.2, 0.25) is 29.5 Å². The Morgan fingerprint density at radius 2 is 1.60 bits per heavy atom. The first kappa shape index (κ1) is 34.0. The maximum atomic E-state index is 13.8. The summed E-state index contributed by atoms with van der Waals surface area (Å²) in [6.07, 6.45) is 0.804. The number of rotatable bonds is 8. The van der Waals surface area contributed by atoms with E-state index >= 15 is 0 Å². The number of nitrogens with two attached hydrogens (primary N) is 1. The highest BCUT2D eigenvalue weighted by Gasteiger charge is 2.41. The fourth-order valence-electron chi connectivity index (χ4n) is 4.58. The summed E-state index contributed by atoms with van der Waals surface area (Å²) in [5, 5.41) is 24.3. The molecule has 1 aliphatic heterocycles. The van der Waals surface area contributed by atoms with E-state index in [2.05, 4.69) is 31.9 Å². The van der Waals surface area contributed by atoms with E-state index < -0.39 is 65.2 Å². The number of hydrogen-bond donors (Lipinski definition) is 8. The van der Waals surface area contributed by atoms with Crippen LogP contribution >= 0.6 is 0 Å². The van der Waals surface area contributed by atoms with Crippen molar-refractivity contribution in [1.82, 2.24) is 31.9 Å². The third kappa shape index (κ3) is 8.92.